The maximum Gasteiger partial charge on any atom is 0.303 e. The Morgan fingerprint density at radius 3 is 1.71 bits per heavy atom. The first kappa shape index (κ1) is 25.7. The van der Waals surface area contributed by atoms with Gasteiger partial charge in [-0.1, -0.05) is 74.7 Å². The Bertz CT molecular complexity index is 287. The molecule has 0 aliphatic heterocycles. The molecule has 0 rings (SSSR count). The van der Waals surface area contributed by atoms with Gasteiger partial charge >= 0.3 is 11.9 Å². The van der Waals surface area contributed by atoms with Gasteiger partial charge in [0.25, 0.3) is 0 Å². The molecule has 144 valence electrons. The zero-order chi connectivity index (χ0) is 18.6. The summed E-state index contributed by atoms with van der Waals surface area (Å²) in [5.74, 6) is -0.903. The summed E-state index contributed by atoms with van der Waals surface area (Å²) in [5.41, 5.74) is 0. The van der Waals surface area contributed by atoms with Crippen LogP contribution in [0.5, 0.6) is 0 Å². The van der Waals surface area contributed by atoms with Crippen LogP contribution >= 0.6 is 15.9 Å². The molecule has 0 saturated carbocycles. The maximum absolute atomic E-state index is 10.5. The topological polar surface area (TPSA) is 74.6 Å². The van der Waals surface area contributed by atoms with Crippen molar-refractivity contribution in [2.75, 3.05) is 5.33 Å². The molecule has 0 fully saturated rings. The molecule has 24 heavy (non-hydrogen) atoms. The van der Waals surface area contributed by atoms with Crippen molar-refractivity contribution in [2.24, 2.45) is 5.92 Å². The van der Waals surface area contributed by atoms with Crippen molar-refractivity contribution in [3.63, 3.8) is 0 Å². The van der Waals surface area contributed by atoms with Gasteiger partial charge in [-0.05, 0) is 31.6 Å². The molecule has 0 saturated heterocycles. The van der Waals surface area contributed by atoms with E-state index in [0.717, 1.165) is 31.0 Å². The summed E-state index contributed by atoms with van der Waals surface area (Å²) in [4.78, 5) is 20.6. The molecule has 0 aromatic rings. The molecule has 0 aliphatic carbocycles. The Morgan fingerprint density at radius 2 is 1.29 bits per heavy atom. The lowest BCUT2D eigenvalue weighted by Gasteiger charge is -2.13. The van der Waals surface area contributed by atoms with Crippen LogP contribution in [0.2, 0.25) is 0 Å². The summed E-state index contributed by atoms with van der Waals surface area (Å²) in [5, 5.41) is 18.1. The van der Waals surface area contributed by atoms with E-state index < -0.39 is 11.9 Å². The fraction of sp³-hybridized carbons (Fsp3) is 0.895. The van der Waals surface area contributed by atoms with Crippen LogP contribution in [0.15, 0.2) is 0 Å². The van der Waals surface area contributed by atoms with Crippen molar-refractivity contribution >= 4 is 27.9 Å². The van der Waals surface area contributed by atoms with E-state index in [1.807, 2.05) is 0 Å². The van der Waals surface area contributed by atoms with Gasteiger partial charge in [-0.3, -0.25) is 9.59 Å². The zero-order valence-electron chi connectivity index (χ0n) is 15.6. The van der Waals surface area contributed by atoms with Gasteiger partial charge in [0.1, 0.15) is 0 Å². The van der Waals surface area contributed by atoms with Crippen molar-refractivity contribution in [3.8, 4) is 0 Å². The van der Waals surface area contributed by atoms with Crippen LogP contribution in [0.3, 0.4) is 0 Å². The highest BCUT2D eigenvalue weighted by molar-refractivity contribution is 9.09. The van der Waals surface area contributed by atoms with Crippen LogP contribution in [-0.2, 0) is 9.59 Å². The molecular weight excluding hydrogens is 372 g/mol. The molecule has 0 aromatic carbocycles. The molecule has 4 nitrogen and oxygen atoms in total. The van der Waals surface area contributed by atoms with E-state index in [-0.39, 0.29) is 0 Å². The molecule has 2 N–H and O–H groups in total. The third-order valence-electron chi connectivity index (χ3n) is 3.92. The maximum atomic E-state index is 10.5. The van der Waals surface area contributed by atoms with Gasteiger partial charge in [-0.25, -0.2) is 0 Å². The minimum atomic E-state index is -0.675. The van der Waals surface area contributed by atoms with Gasteiger partial charge in [0.05, 0.1) is 0 Å². The second-order valence-electron chi connectivity index (χ2n) is 6.35. The number of aliphatic carboxylic acids is 2. The van der Waals surface area contributed by atoms with Gasteiger partial charge in [-0.15, -0.1) is 0 Å². The van der Waals surface area contributed by atoms with E-state index in [4.69, 9.17) is 10.2 Å². The Kier molecular flexibility index (Phi) is 21.9. The highest BCUT2D eigenvalue weighted by atomic mass is 79.9. The smallest absolute Gasteiger partial charge is 0.303 e. The second kappa shape index (κ2) is 20.5. The zero-order valence-corrected chi connectivity index (χ0v) is 17.2. The molecule has 0 radical (unpaired) electrons. The first-order valence-electron chi connectivity index (χ1n) is 9.47. The molecule has 0 amide bonds. The monoisotopic (exact) mass is 408 g/mol. The van der Waals surface area contributed by atoms with Gasteiger partial charge in [0, 0.05) is 18.2 Å². The Hall–Kier alpha value is -0.580. The summed E-state index contributed by atoms with van der Waals surface area (Å²) < 4.78 is 0. The van der Waals surface area contributed by atoms with Crippen LogP contribution in [0.25, 0.3) is 0 Å². The number of hydrogen-bond acceptors (Lipinski definition) is 2. The average Bonchev–Trinajstić information content (AvgIpc) is 2.53. The lowest BCUT2D eigenvalue weighted by molar-refractivity contribution is -0.138. The number of unbranched alkanes of at least 4 members (excludes halogenated alkanes) is 6. The van der Waals surface area contributed by atoms with Gasteiger partial charge in [0.2, 0.25) is 0 Å². The summed E-state index contributed by atoms with van der Waals surface area (Å²) in [6.45, 7) is 4.30. The first-order chi connectivity index (χ1) is 11.5. The van der Waals surface area contributed by atoms with E-state index in [1.165, 1.54) is 44.9 Å². The highest BCUT2D eigenvalue weighted by Gasteiger charge is 2.11. The van der Waals surface area contributed by atoms with Crippen molar-refractivity contribution in [1.29, 1.82) is 0 Å². The molecule has 0 aromatic heterocycles. The van der Waals surface area contributed by atoms with E-state index in [2.05, 4.69) is 29.8 Å². The van der Waals surface area contributed by atoms with Gasteiger partial charge < -0.3 is 10.2 Å². The predicted molar refractivity (Wildman–Crippen MR) is 104 cm³/mol. The normalized spacial score (nSPS) is 10.3. The highest BCUT2D eigenvalue weighted by Crippen LogP contribution is 2.19. The fourth-order valence-corrected chi connectivity index (χ4v) is 2.88. The van der Waals surface area contributed by atoms with Crippen molar-refractivity contribution in [1.82, 2.24) is 0 Å². The third-order valence-corrected chi connectivity index (χ3v) is 4.48. The Balaban J connectivity index is 0. The lowest BCUT2D eigenvalue weighted by atomic mass is 9.93. The van der Waals surface area contributed by atoms with Crippen LogP contribution < -0.4 is 0 Å². The van der Waals surface area contributed by atoms with Crippen molar-refractivity contribution in [3.05, 3.63) is 0 Å². The van der Waals surface area contributed by atoms with Crippen LogP contribution in [0.4, 0.5) is 0 Å². The lowest BCUT2D eigenvalue weighted by Crippen LogP contribution is -2.07. The van der Waals surface area contributed by atoms with Crippen molar-refractivity contribution < 1.29 is 19.8 Å². The molecule has 0 atom stereocenters. The van der Waals surface area contributed by atoms with E-state index in [0.29, 0.717) is 18.8 Å². The van der Waals surface area contributed by atoms with Crippen LogP contribution in [0, 0.1) is 5.92 Å². The van der Waals surface area contributed by atoms with Crippen LogP contribution in [-0.4, -0.2) is 27.5 Å². The molecule has 5 heteroatoms. The molecule has 0 heterocycles. The SMILES string of the molecule is CCCCC(CCCC)CC(=O)O.O=C(O)CCCCCCCBr. The van der Waals surface area contributed by atoms with E-state index >= 15 is 0 Å². The third kappa shape index (κ3) is 23.7. The quantitative estimate of drug-likeness (QED) is 0.247. The van der Waals surface area contributed by atoms with Gasteiger partial charge in [-0.2, -0.15) is 0 Å². The largest absolute Gasteiger partial charge is 0.481 e. The number of carbonyl (C=O) groups is 2. The summed E-state index contributed by atoms with van der Waals surface area (Å²) in [6.07, 6.45) is 13.0. The van der Waals surface area contributed by atoms with Crippen LogP contribution in [0.1, 0.15) is 97.3 Å². The number of carboxylic acids is 2. The number of halogens is 1. The number of hydrogen-bond donors (Lipinski definition) is 2. The molecule has 0 spiro atoms. The van der Waals surface area contributed by atoms with Gasteiger partial charge in [0.15, 0.2) is 0 Å². The predicted octanol–water partition coefficient (Wildman–Crippen LogP) is 6.26. The minimum Gasteiger partial charge on any atom is -0.481 e. The van der Waals surface area contributed by atoms with E-state index in [9.17, 15) is 9.59 Å². The first-order valence-corrected chi connectivity index (χ1v) is 10.6. The molecule has 0 aliphatic rings. The summed E-state index contributed by atoms with van der Waals surface area (Å²) in [7, 11) is 0. The standard InChI is InChI=1S/C11H22O2.C8H15BrO2/c1-3-5-7-10(8-6-4-2)9-11(12)13;9-7-5-3-1-2-4-6-8(10)11/h10H,3-9H2,1-2H3,(H,12,13);1-7H2,(H,10,11). The number of rotatable bonds is 15. The number of carboxylic acid groups (broad SMARTS) is 2. The summed E-state index contributed by atoms with van der Waals surface area (Å²) in [6, 6.07) is 0. The molecular formula is C19H37BrO4. The summed E-state index contributed by atoms with van der Waals surface area (Å²) >= 11 is 3.35. The molecule has 0 bridgehead atoms. The Morgan fingerprint density at radius 1 is 0.792 bits per heavy atom. The van der Waals surface area contributed by atoms with E-state index in [1.54, 1.807) is 0 Å². The Labute approximate surface area is 156 Å². The molecule has 0 unspecified atom stereocenters. The second-order valence-corrected chi connectivity index (χ2v) is 7.14. The minimum absolute atomic E-state index is 0.328. The van der Waals surface area contributed by atoms with Crippen molar-refractivity contribution in [2.45, 2.75) is 97.3 Å². The average molecular weight is 409 g/mol. The fourth-order valence-electron chi connectivity index (χ4n) is 2.48. The number of alkyl halides is 1.